The van der Waals surface area contributed by atoms with Crippen LogP contribution in [0.2, 0.25) is 0 Å². The number of rotatable bonds is 3. The molecular formula is C9H15NO3P+. The zero-order valence-electron chi connectivity index (χ0n) is 8.17. The van der Waals surface area contributed by atoms with Crippen molar-refractivity contribution < 1.29 is 14.0 Å². The highest BCUT2D eigenvalue weighted by Gasteiger charge is 2.02. The van der Waals surface area contributed by atoms with Crippen LogP contribution in [0.1, 0.15) is 0 Å². The first-order valence-electron chi connectivity index (χ1n) is 4.09. The Morgan fingerprint density at radius 2 is 2.36 bits per heavy atom. The van der Waals surface area contributed by atoms with Crippen LogP contribution in [0.15, 0.2) is 37.1 Å². The van der Waals surface area contributed by atoms with Crippen molar-refractivity contribution in [1.29, 1.82) is 0 Å². The summed E-state index contributed by atoms with van der Waals surface area (Å²) >= 11 is 0. The molecule has 1 rings (SSSR count). The van der Waals surface area contributed by atoms with E-state index in [9.17, 15) is 4.57 Å². The van der Waals surface area contributed by atoms with Crippen molar-refractivity contribution in [3.8, 4) is 0 Å². The minimum absolute atomic E-state index is 0.945. The van der Waals surface area contributed by atoms with Crippen molar-refractivity contribution in [2.24, 2.45) is 0 Å². The fraction of sp³-hybridized carbons (Fsp3) is 0.333. The molecule has 4 nitrogen and oxygen atoms in total. The molecule has 0 amide bonds. The van der Waals surface area contributed by atoms with Gasteiger partial charge in [0.05, 0.1) is 7.11 Å². The normalized spacial score (nSPS) is 14.4. The maximum Gasteiger partial charge on any atom is 0.694 e. The summed E-state index contributed by atoms with van der Waals surface area (Å²) in [5.41, 5.74) is 0. The van der Waals surface area contributed by atoms with E-state index in [4.69, 9.17) is 4.89 Å². The molecular weight excluding hydrogens is 201 g/mol. The second-order valence-corrected chi connectivity index (χ2v) is 3.27. The lowest BCUT2D eigenvalue weighted by atomic mass is 10.3. The van der Waals surface area contributed by atoms with Gasteiger partial charge in [0.1, 0.15) is 0 Å². The molecule has 14 heavy (non-hydrogen) atoms. The minimum Gasteiger partial charge on any atom is -0.370 e. The first-order chi connectivity index (χ1) is 6.70. The third kappa shape index (κ3) is 7.68. The standard InChI is InChI=1S/C8H11N.CH3O3P/c1-2-6-9-7-4-3-5-8-9;1-4-5(2)3/h2-5,7H,1,6,8H2;1H3/p+1. The van der Waals surface area contributed by atoms with Gasteiger partial charge in [-0.05, 0) is 12.3 Å². The first kappa shape index (κ1) is 13.0. The fourth-order valence-corrected chi connectivity index (χ4v) is 0.808. The van der Waals surface area contributed by atoms with Gasteiger partial charge in [0.15, 0.2) is 0 Å². The molecule has 78 valence electrons. The molecule has 0 fully saturated rings. The van der Waals surface area contributed by atoms with Crippen LogP contribution in [0.5, 0.6) is 0 Å². The zero-order valence-corrected chi connectivity index (χ0v) is 9.06. The highest BCUT2D eigenvalue weighted by Crippen LogP contribution is 2.09. The zero-order chi connectivity index (χ0) is 10.8. The van der Waals surface area contributed by atoms with E-state index in [-0.39, 0.29) is 0 Å². The van der Waals surface area contributed by atoms with Crippen LogP contribution in [0, 0.1) is 0 Å². The summed E-state index contributed by atoms with van der Waals surface area (Å²) in [7, 11) is -1.18. The predicted octanol–water partition coefficient (Wildman–Crippen LogP) is 1.84. The molecule has 0 aliphatic carbocycles. The fourth-order valence-electron chi connectivity index (χ4n) is 0.808. The van der Waals surface area contributed by atoms with Crippen molar-refractivity contribution in [3.05, 3.63) is 37.1 Å². The van der Waals surface area contributed by atoms with Crippen LogP contribution < -0.4 is 0 Å². The van der Waals surface area contributed by atoms with Crippen molar-refractivity contribution >= 4 is 8.25 Å². The van der Waals surface area contributed by atoms with Gasteiger partial charge in [-0.2, -0.15) is 0 Å². The van der Waals surface area contributed by atoms with Gasteiger partial charge >= 0.3 is 8.25 Å². The molecule has 5 heteroatoms. The Morgan fingerprint density at radius 3 is 2.71 bits per heavy atom. The van der Waals surface area contributed by atoms with Crippen molar-refractivity contribution in [2.75, 3.05) is 20.2 Å². The molecule has 1 unspecified atom stereocenters. The molecule has 1 N–H and O–H groups in total. The van der Waals surface area contributed by atoms with Crippen LogP contribution in [-0.2, 0) is 9.09 Å². The molecule has 0 bridgehead atoms. The third-order valence-corrected chi connectivity index (χ3v) is 1.72. The molecule has 0 aromatic heterocycles. The number of hydrogen-bond acceptors (Lipinski definition) is 3. The molecule has 1 atom stereocenters. The molecule has 0 radical (unpaired) electrons. The topological polar surface area (TPSA) is 49.8 Å². The van der Waals surface area contributed by atoms with E-state index < -0.39 is 8.25 Å². The maximum atomic E-state index is 9.29. The van der Waals surface area contributed by atoms with E-state index >= 15 is 0 Å². The molecule has 1 aliphatic heterocycles. The van der Waals surface area contributed by atoms with Gasteiger partial charge in [-0.25, -0.2) is 0 Å². The van der Waals surface area contributed by atoms with Crippen LogP contribution >= 0.6 is 8.25 Å². The second-order valence-electron chi connectivity index (χ2n) is 2.43. The average Bonchev–Trinajstić information content (AvgIpc) is 2.21. The van der Waals surface area contributed by atoms with E-state index in [0.717, 1.165) is 13.1 Å². The lowest BCUT2D eigenvalue weighted by molar-refractivity contribution is 0.343. The summed E-state index contributed by atoms with van der Waals surface area (Å²) in [5, 5.41) is 0. The maximum absolute atomic E-state index is 9.29. The summed E-state index contributed by atoms with van der Waals surface area (Å²) in [6.07, 6.45) is 10.2. The molecule has 0 aromatic carbocycles. The van der Waals surface area contributed by atoms with Gasteiger partial charge in [-0.15, -0.1) is 16.0 Å². The molecule has 1 heterocycles. The summed E-state index contributed by atoms with van der Waals surface area (Å²) in [4.78, 5) is 9.84. The molecule has 0 saturated heterocycles. The van der Waals surface area contributed by atoms with Crippen LogP contribution in [0.25, 0.3) is 0 Å². The second kappa shape index (κ2) is 8.63. The lowest BCUT2D eigenvalue weighted by Crippen LogP contribution is -2.18. The van der Waals surface area contributed by atoms with Gasteiger partial charge in [-0.1, -0.05) is 18.2 Å². The summed E-state index contributed by atoms with van der Waals surface area (Å²) in [5.74, 6) is 0. The summed E-state index contributed by atoms with van der Waals surface area (Å²) in [6, 6.07) is 0. The predicted molar refractivity (Wildman–Crippen MR) is 56.9 cm³/mol. The smallest absolute Gasteiger partial charge is 0.370 e. The van der Waals surface area contributed by atoms with Crippen molar-refractivity contribution in [1.82, 2.24) is 4.90 Å². The largest absolute Gasteiger partial charge is 0.694 e. The Bertz CT molecular complexity index is 236. The Morgan fingerprint density at radius 1 is 1.71 bits per heavy atom. The Labute approximate surface area is 85.1 Å². The van der Waals surface area contributed by atoms with Crippen LogP contribution in [0.3, 0.4) is 0 Å². The number of hydrogen-bond donors (Lipinski definition) is 1. The number of nitrogens with zero attached hydrogens (tertiary/aromatic N) is 1. The summed E-state index contributed by atoms with van der Waals surface area (Å²) < 4.78 is 13.1. The molecule has 0 spiro atoms. The highest BCUT2D eigenvalue weighted by molar-refractivity contribution is 7.32. The SMILES string of the molecule is C=CCN1C=CC=CC1.CO[P+](=O)O. The Balaban J connectivity index is 0.000000292. The lowest BCUT2D eigenvalue weighted by Gasteiger charge is -2.17. The van der Waals surface area contributed by atoms with E-state index in [1.165, 1.54) is 7.11 Å². The Kier molecular flexibility index (Phi) is 8.04. The number of allylic oxidation sites excluding steroid dienone is 2. The monoisotopic (exact) mass is 216 g/mol. The van der Waals surface area contributed by atoms with Gasteiger partial charge < -0.3 is 4.90 Å². The van der Waals surface area contributed by atoms with E-state index in [0.29, 0.717) is 0 Å². The third-order valence-electron chi connectivity index (χ3n) is 1.40. The van der Waals surface area contributed by atoms with Crippen LogP contribution in [-0.4, -0.2) is 30.0 Å². The van der Waals surface area contributed by atoms with Gasteiger partial charge in [0, 0.05) is 17.7 Å². The van der Waals surface area contributed by atoms with Gasteiger partial charge in [-0.3, -0.25) is 0 Å². The van der Waals surface area contributed by atoms with E-state index in [1.54, 1.807) is 0 Å². The van der Waals surface area contributed by atoms with Crippen LogP contribution in [0.4, 0.5) is 0 Å². The van der Waals surface area contributed by atoms with Gasteiger partial charge in [0.25, 0.3) is 0 Å². The molecule has 0 aromatic rings. The van der Waals surface area contributed by atoms with E-state index in [1.807, 2.05) is 12.2 Å². The van der Waals surface area contributed by atoms with Crippen molar-refractivity contribution in [2.45, 2.75) is 0 Å². The average molecular weight is 216 g/mol. The van der Waals surface area contributed by atoms with E-state index in [2.05, 4.69) is 34.4 Å². The Hall–Kier alpha value is -0.960. The van der Waals surface area contributed by atoms with Crippen molar-refractivity contribution in [3.63, 3.8) is 0 Å². The van der Waals surface area contributed by atoms with Gasteiger partial charge in [0.2, 0.25) is 0 Å². The molecule has 1 aliphatic rings. The summed E-state index contributed by atoms with van der Waals surface area (Å²) in [6.45, 7) is 5.62. The first-order valence-corrected chi connectivity index (χ1v) is 5.22. The highest BCUT2D eigenvalue weighted by atomic mass is 31.1. The molecule has 0 saturated carbocycles. The quantitative estimate of drug-likeness (QED) is 0.577. The minimum atomic E-state index is -2.35.